The minimum absolute atomic E-state index is 0.0850. The van der Waals surface area contributed by atoms with Crippen molar-refractivity contribution < 1.29 is 24.2 Å². The van der Waals surface area contributed by atoms with Gasteiger partial charge in [-0.25, -0.2) is 0 Å². The van der Waals surface area contributed by atoms with Crippen molar-refractivity contribution in [2.45, 2.75) is 20.0 Å². The summed E-state index contributed by atoms with van der Waals surface area (Å²) in [5, 5.41) is 9.78. The molecular formula is C15H13BrClNO5S. The normalized spacial score (nSPS) is 16.4. The number of nitrogens with zero attached hydrogens (tertiary/aromatic N) is 1. The van der Waals surface area contributed by atoms with Gasteiger partial charge in [-0.2, -0.15) is 0 Å². The van der Waals surface area contributed by atoms with Crippen LogP contribution in [0.4, 0.5) is 4.79 Å². The Hall–Kier alpha value is -1.51. The number of halogens is 2. The zero-order valence-electron chi connectivity index (χ0n) is 12.7. The number of ether oxygens (including phenoxy) is 1. The van der Waals surface area contributed by atoms with E-state index in [1.165, 1.54) is 18.2 Å². The number of hydrogen-bond acceptors (Lipinski definition) is 6. The van der Waals surface area contributed by atoms with E-state index in [-0.39, 0.29) is 22.3 Å². The highest BCUT2D eigenvalue weighted by atomic mass is 79.9. The number of aromatic hydroxyl groups is 1. The van der Waals surface area contributed by atoms with Crippen LogP contribution >= 0.6 is 39.3 Å². The molecule has 2 amide bonds. The van der Waals surface area contributed by atoms with Crippen molar-refractivity contribution in [3.05, 3.63) is 32.1 Å². The fourth-order valence-corrected chi connectivity index (χ4v) is 3.57. The fourth-order valence-electron chi connectivity index (χ4n) is 1.90. The van der Waals surface area contributed by atoms with Crippen LogP contribution in [0.25, 0.3) is 6.08 Å². The lowest BCUT2D eigenvalue weighted by atomic mass is 10.2. The van der Waals surface area contributed by atoms with Gasteiger partial charge in [0.15, 0.2) is 0 Å². The van der Waals surface area contributed by atoms with Crippen molar-refractivity contribution in [1.82, 2.24) is 4.90 Å². The first kappa shape index (κ1) is 18.8. The van der Waals surface area contributed by atoms with E-state index in [1.54, 1.807) is 13.8 Å². The molecule has 0 spiro atoms. The van der Waals surface area contributed by atoms with Crippen LogP contribution in [0.3, 0.4) is 0 Å². The summed E-state index contributed by atoms with van der Waals surface area (Å²) in [7, 11) is 0. The van der Waals surface area contributed by atoms with Crippen LogP contribution in [0.5, 0.6) is 5.75 Å². The summed E-state index contributed by atoms with van der Waals surface area (Å²) in [6.45, 7) is 2.89. The van der Waals surface area contributed by atoms with Gasteiger partial charge in [0.2, 0.25) is 0 Å². The molecule has 1 fully saturated rings. The summed E-state index contributed by atoms with van der Waals surface area (Å²) in [5.74, 6) is -1.39. The van der Waals surface area contributed by atoms with Crippen LogP contribution in [0.1, 0.15) is 19.4 Å². The Bertz CT molecular complexity index is 750. The molecule has 1 N–H and O–H groups in total. The highest BCUT2D eigenvalue weighted by Gasteiger charge is 2.37. The number of hydrogen-bond donors (Lipinski definition) is 1. The number of phenolic OH excluding ortho intramolecular Hbond substituents is 1. The number of amides is 2. The summed E-state index contributed by atoms with van der Waals surface area (Å²) in [6.07, 6.45) is 1.01. The molecule has 1 aliphatic heterocycles. The number of thioether (sulfide) groups is 1. The van der Waals surface area contributed by atoms with E-state index in [0.717, 1.165) is 4.90 Å². The molecule has 0 aromatic heterocycles. The van der Waals surface area contributed by atoms with Crippen molar-refractivity contribution in [2.24, 2.45) is 0 Å². The Morgan fingerprint density at radius 3 is 2.75 bits per heavy atom. The topological polar surface area (TPSA) is 83.9 Å². The van der Waals surface area contributed by atoms with Crippen molar-refractivity contribution in [1.29, 1.82) is 0 Å². The van der Waals surface area contributed by atoms with E-state index in [2.05, 4.69) is 15.9 Å². The molecule has 0 radical (unpaired) electrons. The van der Waals surface area contributed by atoms with Crippen molar-refractivity contribution in [3.63, 3.8) is 0 Å². The second-order valence-electron chi connectivity index (χ2n) is 5.13. The maximum absolute atomic E-state index is 12.3. The molecule has 0 aliphatic carbocycles. The Morgan fingerprint density at radius 1 is 1.46 bits per heavy atom. The fraction of sp³-hybridized carbons (Fsp3) is 0.267. The van der Waals surface area contributed by atoms with E-state index in [1.807, 2.05) is 0 Å². The van der Waals surface area contributed by atoms with Crippen LogP contribution in [0, 0.1) is 0 Å². The van der Waals surface area contributed by atoms with E-state index < -0.39 is 23.7 Å². The summed E-state index contributed by atoms with van der Waals surface area (Å²) in [5.41, 5.74) is 0.282. The highest BCUT2D eigenvalue weighted by molar-refractivity contribution is 9.10. The smallest absolute Gasteiger partial charge is 0.326 e. The second-order valence-corrected chi connectivity index (χ2v) is 7.42. The molecule has 1 aromatic rings. The predicted octanol–water partition coefficient (Wildman–Crippen LogP) is 3.80. The summed E-state index contributed by atoms with van der Waals surface area (Å²) in [6, 6.07) is 2.96. The molecule has 0 bridgehead atoms. The molecular weight excluding hydrogens is 422 g/mol. The third kappa shape index (κ3) is 4.31. The first-order valence-corrected chi connectivity index (χ1v) is 8.80. The van der Waals surface area contributed by atoms with E-state index >= 15 is 0 Å². The average Bonchev–Trinajstić information content (AvgIpc) is 2.71. The van der Waals surface area contributed by atoms with E-state index in [9.17, 15) is 19.5 Å². The SMILES string of the molecule is CC(C)OC(=O)CN1C(=O)S/C(=C\c2cc(Cl)cc(Br)c2O)C1=O. The largest absolute Gasteiger partial charge is 0.506 e. The number of carbonyl (C=O) groups is 3. The van der Waals surface area contributed by atoms with Gasteiger partial charge in [-0.3, -0.25) is 19.3 Å². The van der Waals surface area contributed by atoms with E-state index in [0.29, 0.717) is 21.3 Å². The number of phenols is 1. The Balaban J connectivity index is 2.24. The highest BCUT2D eigenvalue weighted by Crippen LogP contribution is 2.37. The Morgan fingerprint density at radius 2 is 2.12 bits per heavy atom. The van der Waals surface area contributed by atoms with Crippen LogP contribution in [-0.2, 0) is 14.3 Å². The summed E-state index contributed by atoms with van der Waals surface area (Å²) in [4.78, 5) is 36.8. The van der Waals surface area contributed by atoms with Gasteiger partial charge in [-0.1, -0.05) is 11.6 Å². The van der Waals surface area contributed by atoms with Crippen molar-refractivity contribution >= 4 is 62.5 Å². The van der Waals surface area contributed by atoms with Crippen molar-refractivity contribution in [2.75, 3.05) is 6.54 Å². The molecule has 1 aromatic carbocycles. The molecule has 1 heterocycles. The van der Waals surface area contributed by atoms with Crippen LogP contribution in [0.2, 0.25) is 5.02 Å². The van der Waals surface area contributed by atoms with Gasteiger partial charge in [-0.15, -0.1) is 0 Å². The van der Waals surface area contributed by atoms with Crippen LogP contribution in [-0.4, -0.2) is 39.8 Å². The minimum Gasteiger partial charge on any atom is -0.506 e. The van der Waals surface area contributed by atoms with Gasteiger partial charge in [0, 0.05) is 10.6 Å². The minimum atomic E-state index is -0.665. The quantitative estimate of drug-likeness (QED) is 0.573. The molecule has 6 nitrogen and oxygen atoms in total. The van der Waals surface area contributed by atoms with Gasteiger partial charge in [-0.05, 0) is 59.7 Å². The zero-order chi connectivity index (χ0) is 18.0. The van der Waals surface area contributed by atoms with Gasteiger partial charge >= 0.3 is 5.97 Å². The number of benzene rings is 1. The molecule has 0 saturated carbocycles. The summed E-state index contributed by atoms with van der Waals surface area (Å²) < 4.78 is 5.30. The third-order valence-electron chi connectivity index (χ3n) is 2.87. The molecule has 1 aliphatic rings. The van der Waals surface area contributed by atoms with Crippen molar-refractivity contribution in [3.8, 4) is 5.75 Å². The summed E-state index contributed by atoms with van der Waals surface area (Å²) >= 11 is 9.74. The molecule has 1 saturated heterocycles. The molecule has 0 unspecified atom stereocenters. The molecule has 9 heteroatoms. The van der Waals surface area contributed by atoms with Crippen LogP contribution in [0.15, 0.2) is 21.5 Å². The molecule has 2 rings (SSSR count). The number of esters is 1. The van der Waals surface area contributed by atoms with Gasteiger partial charge in [0.05, 0.1) is 15.5 Å². The lowest BCUT2D eigenvalue weighted by Crippen LogP contribution is -2.35. The lowest BCUT2D eigenvalue weighted by Gasteiger charge is -2.13. The van der Waals surface area contributed by atoms with Gasteiger partial charge in [0.1, 0.15) is 12.3 Å². The third-order valence-corrected chi connectivity index (χ3v) is 4.60. The number of rotatable bonds is 4. The molecule has 24 heavy (non-hydrogen) atoms. The Kier molecular flexibility index (Phi) is 5.95. The molecule has 0 atom stereocenters. The maximum atomic E-state index is 12.3. The van der Waals surface area contributed by atoms with Crippen LogP contribution < -0.4 is 0 Å². The Labute approximate surface area is 155 Å². The molecule has 128 valence electrons. The average molecular weight is 435 g/mol. The van der Waals surface area contributed by atoms with Gasteiger partial charge in [0.25, 0.3) is 11.1 Å². The van der Waals surface area contributed by atoms with E-state index in [4.69, 9.17) is 16.3 Å². The predicted molar refractivity (Wildman–Crippen MR) is 94.7 cm³/mol. The monoisotopic (exact) mass is 433 g/mol. The zero-order valence-corrected chi connectivity index (χ0v) is 15.9. The standard InChI is InChI=1S/C15H13BrClNO5S/c1-7(2)23-12(19)6-18-14(21)11(24-15(18)22)4-8-3-9(17)5-10(16)13(8)20/h3-5,7,20H,6H2,1-2H3/b11-4-. The van der Waals surface area contributed by atoms with Gasteiger partial charge < -0.3 is 9.84 Å². The first-order valence-electron chi connectivity index (χ1n) is 6.82. The number of carbonyl (C=O) groups excluding carboxylic acids is 3. The maximum Gasteiger partial charge on any atom is 0.326 e. The number of imide groups is 1. The lowest BCUT2D eigenvalue weighted by molar-refractivity contribution is -0.149. The first-order chi connectivity index (χ1) is 11.2. The second kappa shape index (κ2) is 7.58.